The predicted molar refractivity (Wildman–Crippen MR) is 39.0 cm³/mol. The van der Waals surface area contributed by atoms with Gasteiger partial charge in [0.05, 0.1) is 0 Å². The van der Waals surface area contributed by atoms with Crippen LogP contribution in [0.3, 0.4) is 0 Å². The van der Waals surface area contributed by atoms with E-state index in [2.05, 4.69) is 31.6 Å². The van der Waals surface area contributed by atoms with Crippen LogP contribution in [0.2, 0.25) is 0 Å². The zero-order chi connectivity index (χ0) is 6.91. The first kappa shape index (κ1) is 7.03. The molecule has 1 aliphatic rings. The second kappa shape index (κ2) is 2.27. The molecule has 0 radical (unpaired) electrons. The monoisotopic (exact) mass is 128 g/mol. The molecule has 54 valence electrons. The van der Waals surface area contributed by atoms with Crippen molar-refractivity contribution >= 4 is 0 Å². The first-order valence-electron chi connectivity index (χ1n) is 3.56. The van der Waals surface area contributed by atoms with Gasteiger partial charge in [-0.2, -0.15) is 0 Å². The molecule has 9 heavy (non-hydrogen) atoms. The summed E-state index contributed by atoms with van der Waals surface area (Å²) in [5.41, 5.74) is 6.71. The van der Waals surface area contributed by atoms with E-state index in [1.165, 1.54) is 0 Å². The summed E-state index contributed by atoms with van der Waals surface area (Å²) in [7, 11) is 0. The van der Waals surface area contributed by atoms with Crippen LogP contribution in [0, 0.1) is 11.3 Å². The van der Waals surface area contributed by atoms with Crippen molar-refractivity contribution in [2.45, 2.75) is 20.8 Å². The third kappa shape index (κ3) is 1.66. The molecule has 0 aromatic carbocycles. The fraction of sp³-hybridized carbons (Fsp3) is 1.00. The maximum absolute atomic E-state index is 3.13. The Morgan fingerprint density at radius 2 is 1.56 bits per heavy atom. The molecule has 2 nitrogen and oxygen atoms in total. The molecule has 0 aromatic heterocycles. The lowest BCUT2D eigenvalue weighted by Gasteiger charge is -2.24. The Labute approximate surface area is 57.0 Å². The number of nitrogens with one attached hydrogen (secondary N) is 2. The molecule has 2 heteroatoms. The fourth-order valence-corrected chi connectivity index (χ4v) is 1.08. The number of rotatable bonds is 0. The standard InChI is InChI=1S/C7H16N2/c1-7(2,3)6-4-8-9-5-6/h6,8-9H,4-5H2,1-3H3. The van der Waals surface area contributed by atoms with Crippen LogP contribution in [0.1, 0.15) is 20.8 Å². The molecule has 1 fully saturated rings. The second-order valence-corrected chi connectivity index (χ2v) is 3.82. The molecular formula is C7H16N2. The van der Waals surface area contributed by atoms with Gasteiger partial charge in [0.1, 0.15) is 0 Å². The summed E-state index contributed by atoms with van der Waals surface area (Å²) in [5, 5.41) is 0. The van der Waals surface area contributed by atoms with Gasteiger partial charge in [-0.05, 0) is 11.3 Å². The van der Waals surface area contributed by atoms with Crippen LogP contribution in [0.5, 0.6) is 0 Å². The Hall–Kier alpha value is -0.0800. The Kier molecular flexibility index (Phi) is 1.78. The predicted octanol–water partition coefficient (Wildman–Crippen LogP) is 0.757. The Bertz CT molecular complexity index is 87.6. The van der Waals surface area contributed by atoms with E-state index in [1.807, 2.05) is 0 Å². The summed E-state index contributed by atoms with van der Waals surface area (Å²) in [4.78, 5) is 0. The van der Waals surface area contributed by atoms with Gasteiger partial charge in [0.25, 0.3) is 0 Å². The highest BCUT2D eigenvalue weighted by Crippen LogP contribution is 2.25. The minimum atomic E-state index is 0.455. The molecule has 0 unspecified atom stereocenters. The molecule has 1 saturated heterocycles. The average Bonchev–Trinajstić information content (AvgIpc) is 2.08. The normalized spacial score (nSPS) is 23.0. The number of hydrogen-bond donors (Lipinski definition) is 2. The van der Waals surface area contributed by atoms with Gasteiger partial charge < -0.3 is 0 Å². The fourth-order valence-electron chi connectivity index (χ4n) is 1.08. The van der Waals surface area contributed by atoms with E-state index in [4.69, 9.17) is 0 Å². The van der Waals surface area contributed by atoms with E-state index in [9.17, 15) is 0 Å². The highest BCUT2D eigenvalue weighted by Gasteiger charge is 2.26. The van der Waals surface area contributed by atoms with Gasteiger partial charge in [-0.25, -0.2) is 0 Å². The zero-order valence-corrected chi connectivity index (χ0v) is 6.49. The highest BCUT2D eigenvalue weighted by molar-refractivity contribution is 4.80. The number of hydrazine groups is 1. The summed E-state index contributed by atoms with van der Waals surface area (Å²) >= 11 is 0. The summed E-state index contributed by atoms with van der Waals surface area (Å²) in [5.74, 6) is 0.789. The maximum atomic E-state index is 3.13. The molecule has 0 bridgehead atoms. The van der Waals surface area contributed by atoms with Gasteiger partial charge in [-0.1, -0.05) is 20.8 Å². The average molecular weight is 128 g/mol. The minimum Gasteiger partial charge on any atom is -0.257 e. The Balaban J connectivity index is 2.42. The molecule has 0 amide bonds. The summed E-state index contributed by atoms with van der Waals surface area (Å²) in [6.07, 6.45) is 0. The van der Waals surface area contributed by atoms with Crippen LogP contribution < -0.4 is 10.9 Å². The van der Waals surface area contributed by atoms with Gasteiger partial charge in [0.15, 0.2) is 0 Å². The van der Waals surface area contributed by atoms with Crippen LogP contribution in [0.4, 0.5) is 0 Å². The molecule has 1 heterocycles. The van der Waals surface area contributed by atoms with E-state index in [-0.39, 0.29) is 0 Å². The third-order valence-electron chi connectivity index (χ3n) is 2.05. The molecule has 1 aliphatic heterocycles. The Morgan fingerprint density at radius 1 is 1.11 bits per heavy atom. The van der Waals surface area contributed by atoms with Gasteiger partial charge in [-0.3, -0.25) is 10.9 Å². The van der Waals surface area contributed by atoms with Crippen LogP contribution in [-0.4, -0.2) is 13.1 Å². The third-order valence-corrected chi connectivity index (χ3v) is 2.05. The topological polar surface area (TPSA) is 24.1 Å². The van der Waals surface area contributed by atoms with Gasteiger partial charge >= 0.3 is 0 Å². The first-order valence-corrected chi connectivity index (χ1v) is 3.56. The maximum Gasteiger partial charge on any atom is 0.0146 e. The van der Waals surface area contributed by atoms with E-state index < -0.39 is 0 Å². The summed E-state index contributed by atoms with van der Waals surface area (Å²) in [6, 6.07) is 0. The van der Waals surface area contributed by atoms with Crippen molar-refractivity contribution in [3.63, 3.8) is 0 Å². The van der Waals surface area contributed by atoms with Crippen molar-refractivity contribution in [1.82, 2.24) is 10.9 Å². The molecule has 0 aliphatic carbocycles. The smallest absolute Gasteiger partial charge is 0.0146 e. The lowest BCUT2D eigenvalue weighted by molar-refractivity contribution is 0.273. The molecule has 0 spiro atoms. The summed E-state index contributed by atoms with van der Waals surface area (Å²) < 4.78 is 0. The lowest BCUT2D eigenvalue weighted by Crippen LogP contribution is -2.24. The van der Waals surface area contributed by atoms with E-state index in [0.29, 0.717) is 5.41 Å². The van der Waals surface area contributed by atoms with Crippen LogP contribution >= 0.6 is 0 Å². The SMILES string of the molecule is CC(C)(C)C1CNNC1. The van der Waals surface area contributed by atoms with Crippen molar-refractivity contribution < 1.29 is 0 Å². The zero-order valence-electron chi connectivity index (χ0n) is 6.49. The van der Waals surface area contributed by atoms with Crippen molar-refractivity contribution in [3.05, 3.63) is 0 Å². The van der Waals surface area contributed by atoms with Crippen molar-refractivity contribution in [2.75, 3.05) is 13.1 Å². The van der Waals surface area contributed by atoms with E-state index >= 15 is 0 Å². The van der Waals surface area contributed by atoms with Gasteiger partial charge in [-0.15, -0.1) is 0 Å². The minimum absolute atomic E-state index is 0.455. The van der Waals surface area contributed by atoms with Crippen molar-refractivity contribution in [3.8, 4) is 0 Å². The summed E-state index contributed by atoms with van der Waals surface area (Å²) in [6.45, 7) is 9.08. The first-order chi connectivity index (χ1) is 4.11. The molecule has 2 N–H and O–H groups in total. The molecule has 1 rings (SSSR count). The van der Waals surface area contributed by atoms with Gasteiger partial charge in [0.2, 0.25) is 0 Å². The van der Waals surface area contributed by atoms with Gasteiger partial charge in [0, 0.05) is 13.1 Å². The van der Waals surface area contributed by atoms with Crippen LogP contribution in [0.15, 0.2) is 0 Å². The Morgan fingerprint density at radius 3 is 1.78 bits per heavy atom. The quantitative estimate of drug-likeness (QED) is 0.503. The van der Waals surface area contributed by atoms with Crippen LogP contribution in [-0.2, 0) is 0 Å². The van der Waals surface area contributed by atoms with Crippen LogP contribution in [0.25, 0.3) is 0 Å². The van der Waals surface area contributed by atoms with E-state index in [1.54, 1.807) is 0 Å². The molecule has 0 saturated carbocycles. The van der Waals surface area contributed by atoms with E-state index in [0.717, 1.165) is 19.0 Å². The lowest BCUT2D eigenvalue weighted by atomic mass is 9.81. The largest absolute Gasteiger partial charge is 0.257 e. The van der Waals surface area contributed by atoms with Crippen molar-refractivity contribution in [2.24, 2.45) is 11.3 Å². The number of hydrogen-bond acceptors (Lipinski definition) is 2. The second-order valence-electron chi connectivity index (χ2n) is 3.82. The van der Waals surface area contributed by atoms with Crippen molar-refractivity contribution in [1.29, 1.82) is 0 Å². The molecule has 0 aromatic rings. The molecular weight excluding hydrogens is 112 g/mol. The molecule has 0 atom stereocenters. The highest BCUT2D eigenvalue weighted by atomic mass is 15.4.